The molecule has 1 aliphatic rings. The highest BCUT2D eigenvalue weighted by Gasteiger charge is 2.45. The van der Waals surface area contributed by atoms with Gasteiger partial charge in [-0.05, 0) is 210 Å². The van der Waals surface area contributed by atoms with Crippen molar-refractivity contribution in [1.82, 2.24) is 4.57 Å². The smallest absolute Gasteiger partial charge is 0.119 e. The highest BCUT2D eigenvalue weighted by molar-refractivity contribution is 8.32. The molecule has 0 aliphatic heterocycles. The summed E-state index contributed by atoms with van der Waals surface area (Å²) in [4.78, 5) is 2.47. The van der Waals surface area contributed by atoms with Crippen molar-refractivity contribution in [3.05, 3.63) is 332 Å². The highest BCUT2D eigenvalue weighted by atomic mass is 32.3. The fourth-order valence-electron chi connectivity index (χ4n) is 14.0. The number of ether oxygens (including phenoxy) is 1. The Morgan fingerprint density at radius 1 is 0.435 bits per heavy atom. The van der Waals surface area contributed by atoms with Crippen molar-refractivity contribution in [3.8, 4) is 67.1 Å². The number of hydrogen-bond donors (Lipinski definition) is 0. The molecule has 0 N–H and O–H groups in total. The average Bonchev–Trinajstić information content (AvgIpc) is 1.55. The summed E-state index contributed by atoms with van der Waals surface area (Å²) in [6.07, 6.45) is 10.8. The molecule has 14 rings (SSSR count). The van der Waals surface area contributed by atoms with E-state index in [1.54, 1.807) is 0 Å². The predicted octanol–water partition coefficient (Wildman–Crippen LogP) is 23.7. The van der Waals surface area contributed by atoms with Crippen molar-refractivity contribution >= 4 is 61.0 Å². The van der Waals surface area contributed by atoms with Crippen molar-refractivity contribution < 1.29 is 4.74 Å². The molecule has 1 aromatic heterocycles. The average molecular weight is 1210 g/mol. The van der Waals surface area contributed by atoms with Gasteiger partial charge in [0.15, 0.2) is 0 Å². The molecule has 0 spiro atoms. The van der Waals surface area contributed by atoms with E-state index in [0.29, 0.717) is 6.61 Å². The molecule has 4 heteroatoms. The number of benzene rings is 12. The predicted molar refractivity (Wildman–Crippen MR) is 398 cm³/mol. The van der Waals surface area contributed by atoms with Crippen molar-refractivity contribution in [1.29, 1.82) is 0 Å². The molecular formula is C88H78N2OS. The number of rotatable bonds is 19. The SMILES string of the molecule is C=Cc1ccc(-c2ccc(OCCS(C)(C)CCCC3(c4ccc(C(C)(C)C)cc4)c4ccccc4-c4ccc(N(c5ccc(-c6ccccc6)cc5)c5ccc(-c6ccc7c(c6)c6cc(-c8ccc(C=C)cc8)ccc6n7-c6ccccc6)cc5)cc43)cc2)cc1. The topological polar surface area (TPSA) is 17.4 Å². The second kappa shape index (κ2) is 24.9. The van der Waals surface area contributed by atoms with Crippen LogP contribution >= 0.6 is 10.0 Å². The fourth-order valence-corrected chi connectivity index (χ4v) is 15.6. The second-order valence-electron chi connectivity index (χ2n) is 26.2. The van der Waals surface area contributed by atoms with E-state index in [4.69, 9.17) is 4.74 Å². The van der Waals surface area contributed by atoms with Gasteiger partial charge in [0, 0.05) is 44.7 Å². The largest absolute Gasteiger partial charge is 0.493 e. The van der Waals surface area contributed by atoms with E-state index >= 15 is 0 Å². The third kappa shape index (κ3) is 11.6. The first kappa shape index (κ1) is 59.5. The van der Waals surface area contributed by atoms with E-state index < -0.39 is 15.4 Å². The third-order valence-electron chi connectivity index (χ3n) is 19.1. The van der Waals surface area contributed by atoms with Crippen LogP contribution in [0.2, 0.25) is 0 Å². The minimum absolute atomic E-state index is 0.0185. The summed E-state index contributed by atoms with van der Waals surface area (Å²) in [7, 11) is -1.02. The van der Waals surface area contributed by atoms with E-state index in [0.717, 1.165) is 69.5 Å². The molecule has 0 bridgehead atoms. The summed E-state index contributed by atoms with van der Waals surface area (Å²) in [6, 6.07) is 106. The van der Waals surface area contributed by atoms with Gasteiger partial charge in [-0.3, -0.25) is 0 Å². The Labute approximate surface area is 545 Å². The molecule has 92 heavy (non-hydrogen) atoms. The zero-order chi connectivity index (χ0) is 63.0. The first-order chi connectivity index (χ1) is 44.8. The second-order valence-corrected chi connectivity index (χ2v) is 30.6. The molecule has 1 atom stereocenters. The molecule has 0 fully saturated rings. The van der Waals surface area contributed by atoms with E-state index in [-0.39, 0.29) is 5.41 Å². The Morgan fingerprint density at radius 3 is 1.43 bits per heavy atom. The summed E-state index contributed by atoms with van der Waals surface area (Å²) < 4.78 is 8.90. The minimum Gasteiger partial charge on any atom is -0.493 e. The summed E-state index contributed by atoms with van der Waals surface area (Å²) >= 11 is 0. The quantitative estimate of drug-likeness (QED) is 0.0803. The van der Waals surface area contributed by atoms with Gasteiger partial charge in [-0.25, -0.2) is 10.0 Å². The van der Waals surface area contributed by atoms with Gasteiger partial charge in [0.25, 0.3) is 0 Å². The lowest BCUT2D eigenvalue weighted by atomic mass is 9.69. The number of anilines is 3. The van der Waals surface area contributed by atoms with Gasteiger partial charge in [0.05, 0.1) is 17.6 Å². The Hall–Kier alpha value is -10.1. The van der Waals surface area contributed by atoms with Gasteiger partial charge in [-0.15, -0.1) is 0 Å². The first-order valence-electron chi connectivity index (χ1n) is 32.3. The van der Waals surface area contributed by atoms with Crippen LogP contribution in [0, 0.1) is 0 Å². The van der Waals surface area contributed by atoms with Gasteiger partial charge < -0.3 is 14.2 Å². The molecule has 0 amide bonds. The standard InChI is InChI=1S/C88H78N2OS/c1-8-62-25-29-65(30-26-62)67-37-50-78(51-38-67)91-56-58-92(6,7)57-18-55-88(73-43-41-72(42-44-73)87(3,4)5)83-24-17-16-23-79(83)80-52-49-77(61-84(80)88)89(75-45-33-66(34-46-75)64-19-12-10-13-20-64)76-47-35-69(36-48-76)71-40-54-86-82(60-71)81-59-70(68-31-27-63(9-2)28-32-68)39-53-85(81)90(86)74-21-14-11-15-22-74/h8-17,19-54,59-61H,1-2,18,55-58H2,3-7H3. The van der Waals surface area contributed by atoms with Crippen LogP contribution in [0.15, 0.2) is 298 Å². The summed E-state index contributed by atoms with van der Waals surface area (Å²) in [5.41, 5.74) is 26.2. The van der Waals surface area contributed by atoms with Crippen molar-refractivity contribution in [2.75, 3.05) is 35.5 Å². The first-order valence-corrected chi connectivity index (χ1v) is 35.1. The Bertz CT molecular complexity index is 4790. The van der Waals surface area contributed by atoms with E-state index in [2.05, 4.69) is 341 Å². The zero-order valence-corrected chi connectivity index (χ0v) is 54.3. The van der Waals surface area contributed by atoms with Gasteiger partial charge in [-0.2, -0.15) is 0 Å². The summed E-state index contributed by atoms with van der Waals surface area (Å²) in [5, 5.41) is 2.44. The summed E-state index contributed by atoms with van der Waals surface area (Å²) in [5.74, 6) is 3.08. The maximum atomic E-state index is 6.50. The van der Waals surface area contributed by atoms with Crippen LogP contribution in [-0.2, 0) is 10.8 Å². The maximum absolute atomic E-state index is 6.50. The molecule has 3 nitrogen and oxygen atoms in total. The molecule has 1 aliphatic carbocycles. The molecule has 13 aromatic rings. The van der Waals surface area contributed by atoms with Crippen molar-refractivity contribution in [2.24, 2.45) is 0 Å². The van der Waals surface area contributed by atoms with Crippen LogP contribution in [0.25, 0.3) is 95.3 Å². The van der Waals surface area contributed by atoms with Gasteiger partial charge in [0.1, 0.15) is 5.75 Å². The minimum atomic E-state index is -1.02. The van der Waals surface area contributed by atoms with Gasteiger partial charge in [0.2, 0.25) is 0 Å². The Kier molecular flexibility index (Phi) is 16.1. The zero-order valence-electron chi connectivity index (χ0n) is 53.5. The number of fused-ring (bicyclic) bond motifs is 6. The van der Waals surface area contributed by atoms with Gasteiger partial charge >= 0.3 is 0 Å². The van der Waals surface area contributed by atoms with E-state index in [1.165, 1.54) is 94.1 Å². The summed E-state index contributed by atoms with van der Waals surface area (Å²) in [6.45, 7) is 15.5. The van der Waals surface area contributed by atoms with Crippen LogP contribution in [0.1, 0.15) is 67.0 Å². The Morgan fingerprint density at radius 2 is 0.891 bits per heavy atom. The van der Waals surface area contributed by atoms with E-state index in [9.17, 15) is 0 Å². The fraction of sp³-hybridized carbons (Fsp3) is 0.136. The van der Waals surface area contributed by atoms with E-state index in [1.807, 2.05) is 12.2 Å². The molecule has 1 heterocycles. The lowest BCUT2D eigenvalue weighted by molar-refractivity contribution is 0.343. The monoisotopic (exact) mass is 1210 g/mol. The van der Waals surface area contributed by atoms with Gasteiger partial charge in [-0.1, -0.05) is 246 Å². The molecular weight excluding hydrogens is 1130 g/mol. The number of para-hydroxylation sites is 1. The molecule has 0 saturated heterocycles. The normalized spacial score (nSPS) is 13.8. The maximum Gasteiger partial charge on any atom is 0.119 e. The third-order valence-corrected chi connectivity index (χ3v) is 21.7. The van der Waals surface area contributed by atoms with Crippen LogP contribution in [0.5, 0.6) is 5.75 Å². The number of hydrogen-bond acceptors (Lipinski definition) is 2. The Balaban J connectivity index is 0.823. The van der Waals surface area contributed by atoms with Crippen molar-refractivity contribution in [2.45, 2.75) is 44.4 Å². The lowest BCUT2D eigenvalue weighted by Gasteiger charge is -2.37. The number of nitrogens with zero attached hydrogens (tertiary/aromatic N) is 2. The van der Waals surface area contributed by atoms with Crippen molar-refractivity contribution in [3.63, 3.8) is 0 Å². The van der Waals surface area contributed by atoms with Crippen LogP contribution in [0.4, 0.5) is 17.1 Å². The van der Waals surface area contributed by atoms with Crippen LogP contribution in [-0.4, -0.2) is 35.2 Å². The molecule has 452 valence electrons. The molecule has 0 radical (unpaired) electrons. The lowest BCUT2D eigenvalue weighted by Crippen LogP contribution is -2.28. The number of aromatic nitrogens is 1. The van der Waals surface area contributed by atoms with Crippen LogP contribution in [0.3, 0.4) is 0 Å². The molecule has 12 aromatic carbocycles. The molecule has 0 saturated carbocycles. The molecule has 1 unspecified atom stereocenters. The van der Waals surface area contributed by atoms with Crippen LogP contribution < -0.4 is 9.64 Å². The highest BCUT2D eigenvalue weighted by Crippen LogP contribution is 2.57.